The van der Waals surface area contributed by atoms with Gasteiger partial charge in [0.05, 0.1) is 5.56 Å². The van der Waals surface area contributed by atoms with Crippen molar-refractivity contribution < 1.29 is 14.3 Å². The Morgan fingerprint density at radius 2 is 2.00 bits per heavy atom. The van der Waals surface area contributed by atoms with Crippen LogP contribution >= 0.6 is 0 Å². The molecule has 1 aromatic carbocycles. The molecule has 108 valence electrons. The van der Waals surface area contributed by atoms with Crippen LogP contribution in [-0.4, -0.2) is 24.1 Å². The Morgan fingerprint density at radius 1 is 1.24 bits per heavy atom. The summed E-state index contributed by atoms with van der Waals surface area (Å²) < 4.78 is 10.9. The second-order valence-corrected chi connectivity index (χ2v) is 4.73. The van der Waals surface area contributed by atoms with Gasteiger partial charge in [0.2, 0.25) is 0 Å². The Hall–Kier alpha value is -2.76. The van der Waals surface area contributed by atoms with Gasteiger partial charge in [0.1, 0.15) is 13.2 Å². The van der Waals surface area contributed by atoms with Gasteiger partial charge in [0, 0.05) is 29.3 Å². The van der Waals surface area contributed by atoms with E-state index in [0.717, 1.165) is 5.69 Å². The summed E-state index contributed by atoms with van der Waals surface area (Å²) >= 11 is 0. The van der Waals surface area contributed by atoms with Crippen LogP contribution in [-0.2, 0) is 0 Å². The lowest BCUT2D eigenvalue weighted by molar-refractivity contribution is 0.102. The number of carbonyl (C=O) groups excluding carboxylic acids is 1. The van der Waals surface area contributed by atoms with Crippen molar-refractivity contribution in [3.05, 3.63) is 41.7 Å². The second-order valence-electron chi connectivity index (χ2n) is 4.73. The molecule has 1 aromatic heterocycles. The van der Waals surface area contributed by atoms with E-state index in [2.05, 4.69) is 10.3 Å². The number of hydrogen-bond acceptors (Lipinski definition) is 5. The minimum Gasteiger partial charge on any atom is -0.486 e. The summed E-state index contributed by atoms with van der Waals surface area (Å²) in [5.74, 6) is 0.987. The number of aryl methyl sites for hydroxylation is 1. The monoisotopic (exact) mass is 285 g/mol. The summed E-state index contributed by atoms with van der Waals surface area (Å²) in [4.78, 5) is 16.3. The summed E-state index contributed by atoms with van der Waals surface area (Å²) in [6.45, 7) is 2.85. The first-order valence-electron chi connectivity index (χ1n) is 6.56. The zero-order valence-electron chi connectivity index (χ0n) is 11.6. The van der Waals surface area contributed by atoms with Gasteiger partial charge in [-0.25, -0.2) is 0 Å². The molecule has 0 saturated carbocycles. The maximum absolute atomic E-state index is 12.2. The first-order valence-corrected chi connectivity index (χ1v) is 6.56. The van der Waals surface area contributed by atoms with Crippen molar-refractivity contribution in [2.75, 3.05) is 24.3 Å². The largest absolute Gasteiger partial charge is 0.486 e. The van der Waals surface area contributed by atoms with Crippen molar-refractivity contribution in [1.82, 2.24) is 4.98 Å². The average Bonchev–Trinajstić information content (AvgIpc) is 2.47. The van der Waals surface area contributed by atoms with E-state index >= 15 is 0 Å². The predicted octanol–water partition coefficient (Wildman–Crippen LogP) is 2.00. The van der Waals surface area contributed by atoms with Gasteiger partial charge in [-0.2, -0.15) is 0 Å². The Bertz CT molecular complexity index is 701. The summed E-state index contributed by atoms with van der Waals surface area (Å²) in [7, 11) is 0. The van der Waals surface area contributed by atoms with E-state index in [1.54, 1.807) is 24.3 Å². The van der Waals surface area contributed by atoms with Crippen molar-refractivity contribution >= 4 is 17.3 Å². The first-order chi connectivity index (χ1) is 10.1. The van der Waals surface area contributed by atoms with Crippen molar-refractivity contribution in [3.63, 3.8) is 0 Å². The van der Waals surface area contributed by atoms with Crippen molar-refractivity contribution in [2.24, 2.45) is 0 Å². The zero-order valence-corrected chi connectivity index (χ0v) is 11.6. The molecule has 0 saturated heterocycles. The molecule has 1 amide bonds. The van der Waals surface area contributed by atoms with Gasteiger partial charge in [0.15, 0.2) is 11.5 Å². The van der Waals surface area contributed by atoms with Crippen LogP contribution in [0.4, 0.5) is 11.4 Å². The van der Waals surface area contributed by atoms with E-state index in [1.165, 1.54) is 6.20 Å². The molecule has 6 nitrogen and oxygen atoms in total. The zero-order chi connectivity index (χ0) is 14.8. The molecule has 3 rings (SSSR count). The second kappa shape index (κ2) is 5.32. The molecule has 0 radical (unpaired) electrons. The first kappa shape index (κ1) is 13.2. The van der Waals surface area contributed by atoms with Crippen LogP contribution < -0.4 is 20.5 Å². The maximum Gasteiger partial charge on any atom is 0.259 e. The molecule has 0 fully saturated rings. The van der Waals surface area contributed by atoms with Crippen LogP contribution in [0.2, 0.25) is 0 Å². The fourth-order valence-electron chi connectivity index (χ4n) is 2.09. The number of aromatic nitrogens is 1. The number of nitrogens with two attached hydrogens (primary N) is 1. The highest BCUT2D eigenvalue weighted by Crippen LogP contribution is 2.32. The lowest BCUT2D eigenvalue weighted by atomic mass is 10.2. The van der Waals surface area contributed by atoms with Crippen LogP contribution in [0.15, 0.2) is 30.5 Å². The quantitative estimate of drug-likeness (QED) is 0.881. The molecule has 1 aliphatic heterocycles. The number of nitrogens with one attached hydrogen (secondary N) is 1. The molecule has 0 spiro atoms. The number of rotatable bonds is 2. The number of hydrogen-bond donors (Lipinski definition) is 2. The lowest BCUT2D eigenvalue weighted by Crippen LogP contribution is -2.17. The molecule has 0 bridgehead atoms. The summed E-state index contributed by atoms with van der Waals surface area (Å²) in [5, 5.41) is 2.77. The highest BCUT2D eigenvalue weighted by atomic mass is 16.6. The number of ether oxygens (including phenoxy) is 2. The molecule has 0 atom stereocenters. The number of amides is 1. The molecule has 3 N–H and O–H groups in total. The number of nitrogens with zero attached hydrogens (tertiary/aromatic N) is 1. The molecule has 0 unspecified atom stereocenters. The van der Waals surface area contributed by atoms with Crippen molar-refractivity contribution in [3.8, 4) is 11.5 Å². The summed E-state index contributed by atoms with van der Waals surface area (Å²) in [5.41, 5.74) is 7.97. The van der Waals surface area contributed by atoms with E-state index in [1.807, 2.05) is 6.92 Å². The van der Waals surface area contributed by atoms with Gasteiger partial charge in [-0.15, -0.1) is 0 Å². The van der Waals surface area contributed by atoms with Gasteiger partial charge in [0.25, 0.3) is 5.91 Å². The Kier molecular flexibility index (Phi) is 3.35. The Morgan fingerprint density at radius 3 is 2.76 bits per heavy atom. The topological polar surface area (TPSA) is 86.5 Å². The summed E-state index contributed by atoms with van der Waals surface area (Å²) in [6, 6.07) is 6.91. The molecule has 2 aromatic rings. The summed E-state index contributed by atoms with van der Waals surface area (Å²) in [6.07, 6.45) is 1.47. The highest BCUT2D eigenvalue weighted by Gasteiger charge is 2.15. The number of pyridine rings is 1. The molecule has 0 aliphatic carbocycles. The third kappa shape index (κ3) is 2.74. The maximum atomic E-state index is 12.2. The molecule has 6 heteroatoms. The molecule has 1 aliphatic rings. The Labute approximate surface area is 121 Å². The normalized spacial score (nSPS) is 12.8. The molecular formula is C15H15N3O3. The average molecular weight is 285 g/mol. The SMILES string of the molecule is Cc1cc(N)c(C(=O)Nc2ccc3c(c2)OCCO3)cn1. The Balaban J connectivity index is 1.81. The molecule has 2 heterocycles. The van der Waals surface area contributed by atoms with Crippen molar-refractivity contribution in [2.45, 2.75) is 6.92 Å². The predicted molar refractivity (Wildman–Crippen MR) is 78.8 cm³/mol. The smallest absolute Gasteiger partial charge is 0.259 e. The third-order valence-corrected chi connectivity index (χ3v) is 3.12. The van der Waals surface area contributed by atoms with Gasteiger partial charge in [-0.1, -0.05) is 0 Å². The minimum atomic E-state index is -0.309. The van der Waals surface area contributed by atoms with E-state index < -0.39 is 0 Å². The van der Waals surface area contributed by atoms with Crippen LogP contribution in [0.3, 0.4) is 0 Å². The van der Waals surface area contributed by atoms with Crippen molar-refractivity contribution in [1.29, 1.82) is 0 Å². The third-order valence-electron chi connectivity index (χ3n) is 3.12. The van der Waals surface area contributed by atoms with E-state index in [0.29, 0.717) is 41.7 Å². The number of benzene rings is 1. The van der Waals surface area contributed by atoms with Crippen LogP contribution in [0.1, 0.15) is 16.1 Å². The molecule has 21 heavy (non-hydrogen) atoms. The molecular weight excluding hydrogens is 270 g/mol. The van der Waals surface area contributed by atoms with E-state index in [4.69, 9.17) is 15.2 Å². The fraction of sp³-hybridized carbons (Fsp3) is 0.200. The van der Waals surface area contributed by atoms with Crippen LogP contribution in [0, 0.1) is 6.92 Å². The van der Waals surface area contributed by atoms with Gasteiger partial charge in [-0.05, 0) is 25.1 Å². The lowest BCUT2D eigenvalue weighted by Gasteiger charge is -2.19. The number of carbonyl (C=O) groups is 1. The van der Waals surface area contributed by atoms with Gasteiger partial charge < -0.3 is 20.5 Å². The van der Waals surface area contributed by atoms with Crippen LogP contribution in [0.5, 0.6) is 11.5 Å². The fourth-order valence-corrected chi connectivity index (χ4v) is 2.09. The number of fused-ring (bicyclic) bond motifs is 1. The minimum absolute atomic E-state index is 0.309. The standard InChI is InChI=1S/C15H15N3O3/c1-9-6-12(16)11(8-17-9)15(19)18-10-2-3-13-14(7-10)21-5-4-20-13/h2-3,6-8H,4-5H2,1H3,(H2,16,17)(H,18,19). The number of nitrogen functional groups attached to an aromatic ring is 1. The van der Waals surface area contributed by atoms with Gasteiger partial charge >= 0.3 is 0 Å². The van der Waals surface area contributed by atoms with Gasteiger partial charge in [-0.3, -0.25) is 9.78 Å². The van der Waals surface area contributed by atoms with E-state index in [-0.39, 0.29) is 5.91 Å². The van der Waals surface area contributed by atoms with E-state index in [9.17, 15) is 4.79 Å². The van der Waals surface area contributed by atoms with Crippen LogP contribution in [0.25, 0.3) is 0 Å². The number of anilines is 2. The highest BCUT2D eigenvalue weighted by molar-refractivity contribution is 6.07.